The van der Waals surface area contributed by atoms with E-state index in [1.165, 1.54) is 0 Å². The van der Waals surface area contributed by atoms with Crippen molar-refractivity contribution in [2.45, 2.75) is 13.3 Å². The summed E-state index contributed by atoms with van der Waals surface area (Å²) in [6, 6.07) is 10.6. The molecule has 1 aliphatic heterocycles. The fraction of sp³-hybridized carbons (Fsp3) is 0.222. The lowest BCUT2D eigenvalue weighted by molar-refractivity contribution is 0.0954. The van der Waals surface area contributed by atoms with Crippen molar-refractivity contribution in [3.05, 3.63) is 52.0 Å². The standard InChI is InChI=1S/C18H17BrN2O4/c1-2-7-23-15-6-4-14(19)8-13(15)10-20-21-18(22)12-3-5-16-17(9-12)25-11-24-16/h3-6,8-10H,2,7,11H2,1H3,(H,21,22)/b20-10-. The van der Waals surface area contributed by atoms with Crippen molar-refractivity contribution in [3.63, 3.8) is 0 Å². The second-order valence-corrected chi connectivity index (χ2v) is 6.21. The van der Waals surface area contributed by atoms with Gasteiger partial charge in [-0.3, -0.25) is 4.79 Å². The van der Waals surface area contributed by atoms with Crippen LogP contribution in [0.15, 0.2) is 46.0 Å². The molecule has 2 aromatic rings. The van der Waals surface area contributed by atoms with Gasteiger partial charge in [0.15, 0.2) is 11.5 Å². The Bertz CT molecular complexity index is 808. The number of hydrogen-bond acceptors (Lipinski definition) is 5. The van der Waals surface area contributed by atoms with Crippen molar-refractivity contribution in [2.75, 3.05) is 13.4 Å². The summed E-state index contributed by atoms with van der Waals surface area (Å²) in [5, 5.41) is 4.02. The van der Waals surface area contributed by atoms with Gasteiger partial charge >= 0.3 is 0 Å². The zero-order valence-electron chi connectivity index (χ0n) is 13.6. The van der Waals surface area contributed by atoms with Gasteiger partial charge in [-0.15, -0.1) is 0 Å². The first-order valence-electron chi connectivity index (χ1n) is 7.83. The molecule has 1 amide bonds. The fourth-order valence-electron chi connectivity index (χ4n) is 2.23. The predicted octanol–water partition coefficient (Wildman–Crippen LogP) is 3.73. The first kappa shape index (κ1) is 17.3. The van der Waals surface area contributed by atoms with E-state index in [9.17, 15) is 4.79 Å². The maximum absolute atomic E-state index is 12.2. The number of ether oxygens (including phenoxy) is 3. The van der Waals surface area contributed by atoms with E-state index in [1.807, 2.05) is 25.1 Å². The Hall–Kier alpha value is -2.54. The molecule has 0 spiro atoms. The number of amides is 1. The zero-order valence-corrected chi connectivity index (χ0v) is 15.2. The van der Waals surface area contributed by atoms with E-state index in [4.69, 9.17) is 14.2 Å². The minimum absolute atomic E-state index is 0.169. The maximum atomic E-state index is 12.2. The molecule has 6 nitrogen and oxygen atoms in total. The van der Waals surface area contributed by atoms with Crippen molar-refractivity contribution in [1.29, 1.82) is 0 Å². The summed E-state index contributed by atoms with van der Waals surface area (Å²) in [6.07, 6.45) is 2.47. The molecule has 0 unspecified atom stereocenters. The van der Waals surface area contributed by atoms with Crippen LogP contribution in [-0.4, -0.2) is 25.5 Å². The van der Waals surface area contributed by atoms with E-state index in [0.717, 1.165) is 16.5 Å². The van der Waals surface area contributed by atoms with Crippen LogP contribution in [0.4, 0.5) is 0 Å². The van der Waals surface area contributed by atoms with Gasteiger partial charge in [0.2, 0.25) is 6.79 Å². The summed E-state index contributed by atoms with van der Waals surface area (Å²) in [5.41, 5.74) is 3.72. The number of rotatable bonds is 6. The molecule has 130 valence electrons. The van der Waals surface area contributed by atoms with Crippen LogP contribution < -0.4 is 19.6 Å². The van der Waals surface area contributed by atoms with Crippen molar-refractivity contribution in [1.82, 2.24) is 5.43 Å². The fourth-order valence-corrected chi connectivity index (χ4v) is 2.61. The topological polar surface area (TPSA) is 69.2 Å². The molecule has 3 rings (SSSR count). The van der Waals surface area contributed by atoms with Gasteiger partial charge in [0.05, 0.1) is 12.8 Å². The van der Waals surface area contributed by atoms with Gasteiger partial charge in [-0.1, -0.05) is 22.9 Å². The van der Waals surface area contributed by atoms with Crippen LogP contribution in [0.25, 0.3) is 0 Å². The molecule has 0 saturated carbocycles. The maximum Gasteiger partial charge on any atom is 0.271 e. The van der Waals surface area contributed by atoms with Crippen LogP contribution in [0, 0.1) is 0 Å². The number of carbonyl (C=O) groups excluding carboxylic acids is 1. The average molecular weight is 405 g/mol. The molecule has 0 radical (unpaired) electrons. The van der Waals surface area contributed by atoms with Crippen molar-refractivity contribution < 1.29 is 19.0 Å². The van der Waals surface area contributed by atoms with Crippen LogP contribution in [0.2, 0.25) is 0 Å². The van der Waals surface area contributed by atoms with E-state index in [0.29, 0.717) is 29.4 Å². The monoisotopic (exact) mass is 404 g/mol. The van der Waals surface area contributed by atoms with Crippen LogP contribution in [0.3, 0.4) is 0 Å². The summed E-state index contributed by atoms with van der Waals surface area (Å²) < 4.78 is 17.1. The smallest absolute Gasteiger partial charge is 0.271 e. The molecule has 0 aromatic heterocycles. The summed E-state index contributed by atoms with van der Waals surface area (Å²) in [5.74, 6) is 1.57. The van der Waals surface area contributed by atoms with Gasteiger partial charge in [0.25, 0.3) is 5.91 Å². The van der Waals surface area contributed by atoms with Gasteiger partial charge in [0.1, 0.15) is 5.75 Å². The summed E-state index contributed by atoms with van der Waals surface area (Å²) >= 11 is 3.42. The van der Waals surface area contributed by atoms with Gasteiger partial charge in [-0.05, 0) is 42.8 Å². The lowest BCUT2D eigenvalue weighted by Crippen LogP contribution is -2.17. The number of hydrogen-bond donors (Lipinski definition) is 1. The molecule has 2 aromatic carbocycles. The Labute approximate surface area is 153 Å². The molecule has 25 heavy (non-hydrogen) atoms. The molecule has 1 N–H and O–H groups in total. The number of halogens is 1. The van der Waals surface area contributed by atoms with E-state index >= 15 is 0 Å². The number of benzene rings is 2. The van der Waals surface area contributed by atoms with E-state index < -0.39 is 0 Å². The number of nitrogens with zero attached hydrogens (tertiary/aromatic N) is 1. The second kappa shape index (κ2) is 8.02. The van der Waals surface area contributed by atoms with Crippen molar-refractivity contribution in [2.24, 2.45) is 5.10 Å². The van der Waals surface area contributed by atoms with E-state index in [2.05, 4.69) is 26.5 Å². The highest BCUT2D eigenvalue weighted by Crippen LogP contribution is 2.32. The number of nitrogens with one attached hydrogen (secondary N) is 1. The van der Waals surface area contributed by atoms with Crippen LogP contribution in [0.5, 0.6) is 17.2 Å². The minimum Gasteiger partial charge on any atom is -0.493 e. The first-order valence-corrected chi connectivity index (χ1v) is 8.62. The average Bonchev–Trinajstić information content (AvgIpc) is 3.08. The van der Waals surface area contributed by atoms with Gasteiger partial charge in [0, 0.05) is 15.6 Å². The largest absolute Gasteiger partial charge is 0.493 e. The number of fused-ring (bicyclic) bond motifs is 1. The molecule has 1 aliphatic rings. The van der Waals surface area contributed by atoms with Crippen LogP contribution in [0.1, 0.15) is 29.3 Å². The normalized spacial score (nSPS) is 12.4. The Morgan fingerprint density at radius 3 is 2.96 bits per heavy atom. The SMILES string of the molecule is CCCOc1ccc(Br)cc1/C=N\NC(=O)c1ccc2c(c1)OCO2. The van der Waals surface area contributed by atoms with E-state index in [1.54, 1.807) is 24.4 Å². The Morgan fingerprint density at radius 2 is 2.12 bits per heavy atom. The highest BCUT2D eigenvalue weighted by molar-refractivity contribution is 9.10. The molecule has 0 bridgehead atoms. The molecule has 0 fully saturated rings. The molecular formula is C18H17BrN2O4. The number of hydrazone groups is 1. The number of carbonyl (C=O) groups is 1. The third kappa shape index (κ3) is 4.30. The molecule has 0 saturated heterocycles. The first-order chi connectivity index (χ1) is 12.2. The Balaban J connectivity index is 1.68. The predicted molar refractivity (Wildman–Crippen MR) is 97.6 cm³/mol. The third-order valence-corrected chi connectivity index (χ3v) is 3.93. The Kier molecular flexibility index (Phi) is 5.55. The van der Waals surface area contributed by atoms with Crippen molar-refractivity contribution in [3.8, 4) is 17.2 Å². The summed E-state index contributed by atoms with van der Waals surface area (Å²) in [7, 11) is 0. The quantitative estimate of drug-likeness (QED) is 0.588. The molecule has 7 heteroatoms. The van der Waals surface area contributed by atoms with Crippen LogP contribution in [-0.2, 0) is 0 Å². The highest BCUT2D eigenvalue weighted by Gasteiger charge is 2.15. The molecule has 0 atom stereocenters. The van der Waals surface area contributed by atoms with E-state index in [-0.39, 0.29) is 12.7 Å². The van der Waals surface area contributed by atoms with Crippen LogP contribution >= 0.6 is 15.9 Å². The lowest BCUT2D eigenvalue weighted by Gasteiger charge is -2.08. The highest BCUT2D eigenvalue weighted by atomic mass is 79.9. The third-order valence-electron chi connectivity index (χ3n) is 3.44. The van der Waals surface area contributed by atoms with Gasteiger partial charge in [-0.25, -0.2) is 5.43 Å². The zero-order chi connectivity index (χ0) is 17.6. The summed E-state index contributed by atoms with van der Waals surface area (Å²) in [4.78, 5) is 12.2. The minimum atomic E-state index is -0.333. The molecule has 1 heterocycles. The molecular weight excluding hydrogens is 388 g/mol. The van der Waals surface area contributed by atoms with Gasteiger partial charge < -0.3 is 14.2 Å². The summed E-state index contributed by atoms with van der Waals surface area (Å²) in [6.45, 7) is 2.83. The van der Waals surface area contributed by atoms with Crippen molar-refractivity contribution >= 4 is 28.1 Å². The second-order valence-electron chi connectivity index (χ2n) is 5.30. The Morgan fingerprint density at radius 1 is 1.28 bits per heavy atom. The van der Waals surface area contributed by atoms with Gasteiger partial charge in [-0.2, -0.15) is 5.10 Å². The lowest BCUT2D eigenvalue weighted by atomic mass is 10.2. The molecule has 0 aliphatic carbocycles.